The zero-order valence-electron chi connectivity index (χ0n) is 8.59. The molecule has 0 heterocycles. The molecule has 0 aliphatic heterocycles. The molecule has 0 N–H and O–H groups in total. The lowest BCUT2D eigenvalue weighted by Gasteiger charge is -2.07. The second kappa shape index (κ2) is 4.87. The zero-order chi connectivity index (χ0) is 11.4. The van der Waals surface area contributed by atoms with E-state index in [4.69, 9.17) is 4.74 Å². The van der Waals surface area contributed by atoms with Crippen LogP contribution in [0.2, 0.25) is 0 Å². The van der Waals surface area contributed by atoms with Crippen LogP contribution in [-0.4, -0.2) is 12.4 Å². The molecule has 1 aromatic rings. The second-order valence-electron chi connectivity index (χ2n) is 3.48. The predicted octanol–water partition coefficient (Wildman–Crippen LogP) is 2.57. The number of hydrogen-bond acceptors (Lipinski definition) is 2. The number of hydrogen-bond donors (Lipinski definition) is 0. The Hall–Kier alpha value is -1.45. The maximum Gasteiger partial charge on any atom is 0.172 e. The Labute approximate surface area is 86.9 Å². The molecule has 0 aromatic heterocycles. The average Bonchev–Trinajstić information content (AvgIpc) is 2.18. The number of rotatable bonds is 4. The summed E-state index contributed by atoms with van der Waals surface area (Å²) >= 11 is 0. The van der Waals surface area contributed by atoms with Crippen molar-refractivity contribution in [3.8, 4) is 5.75 Å². The Balaban J connectivity index is 2.65. The molecule has 2 nitrogen and oxygen atoms in total. The third-order valence-corrected chi connectivity index (χ3v) is 1.91. The molecule has 82 valence electrons. The van der Waals surface area contributed by atoms with Gasteiger partial charge in [-0.1, -0.05) is 13.8 Å². The minimum Gasteiger partial charge on any atom is -0.483 e. The lowest BCUT2D eigenvalue weighted by Crippen LogP contribution is -2.17. The van der Waals surface area contributed by atoms with Gasteiger partial charge in [-0.25, -0.2) is 8.78 Å². The second-order valence-corrected chi connectivity index (χ2v) is 3.48. The Kier molecular flexibility index (Phi) is 3.77. The van der Waals surface area contributed by atoms with Gasteiger partial charge in [0.1, 0.15) is 12.4 Å². The maximum atomic E-state index is 13.0. The smallest absolute Gasteiger partial charge is 0.172 e. The highest BCUT2D eigenvalue weighted by molar-refractivity contribution is 5.81. The topological polar surface area (TPSA) is 26.3 Å². The first-order valence-electron chi connectivity index (χ1n) is 4.61. The van der Waals surface area contributed by atoms with Crippen LogP contribution < -0.4 is 4.74 Å². The highest BCUT2D eigenvalue weighted by Crippen LogP contribution is 2.18. The number of Topliss-reactive ketones (excluding diaryl/α,β-unsaturated/α-hetero) is 1. The number of halogens is 2. The van der Waals surface area contributed by atoms with Gasteiger partial charge in [-0.3, -0.25) is 4.79 Å². The zero-order valence-corrected chi connectivity index (χ0v) is 8.59. The summed E-state index contributed by atoms with van der Waals surface area (Å²) in [4.78, 5) is 11.2. The van der Waals surface area contributed by atoms with Gasteiger partial charge >= 0.3 is 0 Å². The molecule has 0 amide bonds. The lowest BCUT2D eigenvalue weighted by molar-refractivity contribution is -0.123. The molecule has 0 aliphatic rings. The standard InChI is InChI=1S/C11H12F2O2/c1-7(2)10(14)6-15-11-5-8(12)3-4-9(11)13/h3-5,7H,6H2,1-2H3. The van der Waals surface area contributed by atoms with Gasteiger partial charge in [-0.2, -0.15) is 0 Å². The summed E-state index contributed by atoms with van der Waals surface area (Å²) in [5, 5.41) is 0. The summed E-state index contributed by atoms with van der Waals surface area (Å²) in [7, 11) is 0. The summed E-state index contributed by atoms with van der Waals surface area (Å²) in [6.45, 7) is 3.19. The summed E-state index contributed by atoms with van der Waals surface area (Å²) in [5.41, 5.74) is 0. The van der Waals surface area contributed by atoms with Crippen LogP contribution in [0.1, 0.15) is 13.8 Å². The molecule has 4 heteroatoms. The molecule has 0 atom stereocenters. The molecule has 0 radical (unpaired) electrons. The SMILES string of the molecule is CC(C)C(=O)COc1cc(F)ccc1F. The maximum absolute atomic E-state index is 13.0. The fourth-order valence-corrected chi connectivity index (χ4v) is 0.903. The van der Waals surface area contributed by atoms with E-state index in [0.29, 0.717) is 0 Å². The molecule has 0 saturated heterocycles. The van der Waals surface area contributed by atoms with Crippen LogP contribution >= 0.6 is 0 Å². The minimum absolute atomic E-state index is 0.154. The van der Waals surface area contributed by atoms with Crippen molar-refractivity contribution in [2.45, 2.75) is 13.8 Å². The van der Waals surface area contributed by atoms with Gasteiger partial charge in [-0.15, -0.1) is 0 Å². The van der Waals surface area contributed by atoms with E-state index in [2.05, 4.69) is 0 Å². The van der Waals surface area contributed by atoms with Gasteiger partial charge in [0.05, 0.1) is 0 Å². The number of carbonyl (C=O) groups is 1. The molecule has 0 bridgehead atoms. The average molecular weight is 214 g/mol. The van der Waals surface area contributed by atoms with Gasteiger partial charge in [0.25, 0.3) is 0 Å². The number of ketones is 1. The predicted molar refractivity (Wildman–Crippen MR) is 51.7 cm³/mol. The van der Waals surface area contributed by atoms with E-state index in [1.807, 2.05) is 0 Å². The van der Waals surface area contributed by atoms with Crippen molar-refractivity contribution in [2.75, 3.05) is 6.61 Å². The molecule has 0 aliphatic carbocycles. The van der Waals surface area contributed by atoms with Crippen LogP contribution in [0.4, 0.5) is 8.78 Å². The van der Waals surface area contributed by atoms with Crippen molar-refractivity contribution in [1.29, 1.82) is 0 Å². The molecule has 0 spiro atoms. The van der Waals surface area contributed by atoms with E-state index in [9.17, 15) is 13.6 Å². The lowest BCUT2D eigenvalue weighted by atomic mass is 10.1. The van der Waals surface area contributed by atoms with Crippen LogP contribution in [-0.2, 0) is 4.79 Å². The van der Waals surface area contributed by atoms with Crippen LogP contribution in [0.5, 0.6) is 5.75 Å². The fourth-order valence-electron chi connectivity index (χ4n) is 0.903. The van der Waals surface area contributed by atoms with Crippen molar-refractivity contribution < 1.29 is 18.3 Å². The molecule has 0 saturated carbocycles. The largest absolute Gasteiger partial charge is 0.483 e. The number of carbonyl (C=O) groups excluding carboxylic acids is 1. The van der Waals surface area contributed by atoms with E-state index < -0.39 is 11.6 Å². The van der Waals surface area contributed by atoms with E-state index in [1.54, 1.807) is 13.8 Å². The summed E-state index contributed by atoms with van der Waals surface area (Å²) in [5.74, 6) is -1.83. The van der Waals surface area contributed by atoms with Crippen LogP contribution in [0.3, 0.4) is 0 Å². The van der Waals surface area contributed by atoms with Crippen molar-refractivity contribution in [3.63, 3.8) is 0 Å². The van der Waals surface area contributed by atoms with Crippen molar-refractivity contribution in [1.82, 2.24) is 0 Å². The highest BCUT2D eigenvalue weighted by atomic mass is 19.1. The summed E-state index contributed by atoms with van der Waals surface area (Å²) in [6.07, 6.45) is 0. The van der Waals surface area contributed by atoms with E-state index >= 15 is 0 Å². The third-order valence-electron chi connectivity index (χ3n) is 1.91. The summed E-state index contributed by atoms with van der Waals surface area (Å²) < 4.78 is 30.6. The normalized spacial score (nSPS) is 10.5. The first-order chi connectivity index (χ1) is 7.00. The molecular weight excluding hydrogens is 202 g/mol. The Morgan fingerprint density at radius 3 is 2.67 bits per heavy atom. The molecule has 0 unspecified atom stereocenters. The van der Waals surface area contributed by atoms with Crippen LogP contribution in [0, 0.1) is 17.6 Å². The van der Waals surface area contributed by atoms with Gasteiger partial charge in [0.2, 0.25) is 0 Å². The first kappa shape index (κ1) is 11.6. The monoisotopic (exact) mass is 214 g/mol. The Morgan fingerprint density at radius 2 is 2.07 bits per heavy atom. The molecule has 15 heavy (non-hydrogen) atoms. The van der Waals surface area contributed by atoms with Gasteiger partial charge in [0, 0.05) is 12.0 Å². The van der Waals surface area contributed by atoms with E-state index in [-0.39, 0.29) is 24.1 Å². The van der Waals surface area contributed by atoms with Gasteiger partial charge < -0.3 is 4.74 Å². The van der Waals surface area contributed by atoms with E-state index in [1.165, 1.54) is 0 Å². The van der Waals surface area contributed by atoms with Crippen LogP contribution in [0.25, 0.3) is 0 Å². The summed E-state index contributed by atoms with van der Waals surface area (Å²) in [6, 6.07) is 2.87. The Morgan fingerprint density at radius 1 is 1.40 bits per heavy atom. The van der Waals surface area contributed by atoms with Crippen LogP contribution in [0.15, 0.2) is 18.2 Å². The number of benzene rings is 1. The van der Waals surface area contributed by atoms with Crippen molar-refractivity contribution >= 4 is 5.78 Å². The Bertz CT molecular complexity index is 362. The highest BCUT2D eigenvalue weighted by Gasteiger charge is 2.10. The van der Waals surface area contributed by atoms with Crippen molar-refractivity contribution in [2.24, 2.45) is 5.92 Å². The fraction of sp³-hybridized carbons (Fsp3) is 0.364. The first-order valence-corrected chi connectivity index (χ1v) is 4.61. The number of ether oxygens (including phenoxy) is 1. The van der Waals surface area contributed by atoms with E-state index in [0.717, 1.165) is 18.2 Å². The van der Waals surface area contributed by atoms with Gasteiger partial charge in [-0.05, 0) is 12.1 Å². The molecule has 0 fully saturated rings. The minimum atomic E-state index is -0.673. The molecule has 1 aromatic carbocycles. The third kappa shape index (κ3) is 3.31. The quantitative estimate of drug-likeness (QED) is 0.770. The van der Waals surface area contributed by atoms with Crippen molar-refractivity contribution in [3.05, 3.63) is 29.8 Å². The van der Waals surface area contributed by atoms with Gasteiger partial charge in [0.15, 0.2) is 17.3 Å². The molecular formula is C11H12F2O2. The molecule has 1 rings (SSSR count).